The predicted molar refractivity (Wildman–Crippen MR) is 76.8 cm³/mol. The van der Waals surface area contributed by atoms with Crippen LogP contribution in [0.4, 0.5) is 17.6 Å². The van der Waals surface area contributed by atoms with E-state index in [0.29, 0.717) is 11.9 Å². The molecular weight excluding hydrogens is 353 g/mol. The van der Waals surface area contributed by atoms with Gasteiger partial charge in [0.25, 0.3) is 0 Å². The van der Waals surface area contributed by atoms with Crippen LogP contribution in [0.15, 0.2) is 24.3 Å². The van der Waals surface area contributed by atoms with E-state index in [1.165, 1.54) is 0 Å². The predicted octanol–water partition coefficient (Wildman–Crippen LogP) is 2.91. The van der Waals surface area contributed by atoms with Crippen LogP contribution in [0, 0.1) is 3.57 Å². The molecule has 0 atom stereocenters. The van der Waals surface area contributed by atoms with Crippen molar-refractivity contribution in [1.29, 1.82) is 0 Å². The lowest BCUT2D eigenvalue weighted by Gasteiger charge is -2.06. The fraction of sp³-hybridized carbons (Fsp3) is 0.100. The molecule has 0 spiro atoms. The van der Waals surface area contributed by atoms with Gasteiger partial charge in [0, 0.05) is 16.3 Å². The fourth-order valence-corrected chi connectivity index (χ4v) is 1.92. The van der Waals surface area contributed by atoms with E-state index in [2.05, 4.69) is 48.2 Å². The number of nitrogens with zero attached hydrogens (tertiary/aromatic N) is 3. The van der Waals surface area contributed by atoms with E-state index in [9.17, 15) is 0 Å². The summed E-state index contributed by atoms with van der Waals surface area (Å²) in [7, 11) is 1.72. The van der Waals surface area contributed by atoms with E-state index in [0.717, 1.165) is 9.26 Å². The maximum Gasteiger partial charge on any atom is 0.233 e. The maximum absolute atomic E-state index is 5.78. The van der Waals surface area contributed by atoms with Gasteiger partial charge in [-0.2, -0.15) is 15.0 Å². The minimum absolute atomic E-state index is 0.150. The molecule has 17 heavy (non-hydrogen) atoms. The summed E-state index contributed by atoms with van der Waals surface area (Å²) in [4.78, 5) is 12.0. The molecule has 1 aromatic carbocycles. The number of rotatable bonds is 3. The van der Waals surface area contributed by atoms with Gasteiger partial charge >= 0.3 is 0 Å². The van der Waals surface area contributed by atoms with Crippen molar-refractivity contribution < 1.29 is 0 Å². The third kappa shape index (κ3) is 3.40. The first-order chi connectivity index (χ1) is 8.17. The van der Waals surface area contributed by atoms with Gasteiger partial charge in [-0.05, 0) is 52.4 Å². The minimum atomic E-state index is 0.150. The number of benzene rings is 1. The molecule has 0 amide bonds. The highest BCUT2D eigenvalue weighted by atomic mass is 127. The van der Waals surface area contributed by atoms with Crippen molar-refractivity contribution in [1.82, 2.24) is 15.0 Å². The van der Waals surface area contributed by atoms with Crippen LogP contribution in [-0.4, -0.2) is 22.0 Å². The van der Waals surface area contributed by atoms with Crippen LogP contribution in [0.3, 0.4) is 0 Å². The van der Waals surface area contributed by atoms with Crippen LogP contribution in [0.5, 0.6) is 0 Å². The molecule has 0 saturated carbocycles. The molecule has 0 saturated heterocycles. The van der Waals surface area contributed by atoms with Crippen molar-refractivity contribution in [3.63, 3.8) is 0 Å². The van der Waals surface area contributed by atoms with Crippen molar-refractivity contribution in [3.05, 3.63) is 33.1 Å². The smallest absolute Gasteiger partial charge is 0.233 e. The Labute approximate surface area is 117 Å². The summed E-state index contributed by atoms with van der Waals surface area (Å²) in [6, 6.07) is 7.87. The fourth-order valence-electron chi connectivity index (χ4n) is 1.21. The van der Waals surface area contributed by atoms with Crippen molar-refractivity contribution in [2.24, 2.45) is 0 Å². The monoisotopic (exact) mass is 361 g/mol. The first-order valence-electron chi connectivity index (χ1n) is 4.79. The van der Waals surface area contributed by atoms with Crippen LogP contribution >= 0.6 is 34.2 Å². The lowest BCUT2D eigenvalue weighted by atomic mass is 10.3. The number of nitrogens with one attached hydrogen (secondary N) is 2. The normalized spacial score (nSPS) is 10.1. The van der Waals surface area contributed by atoms with Crippen LogP contribution in [0.25, 0.3) is 0 Å². The highest BCUT2D eigenvalue weighted by Gasteiger charge is 2.04. The van der Waals surface area contributed by atoms with Crippen LogP contribution in [0.2, 0.25) is 5.28 Å². The molecule has 2 N–H and O–H groups in total. The Bertz CT molecular complexity index is 534. The molecule has 0 fully saturated rings. The van der Waals surface area contributed by atoms with Crippen LogP contribution < -0.4 is 10.6 Å². The number of halogens is 2. The molecule has 1 aromatic heterocycles. The number of hydrogen-bond acceptors (Lipinski definition) is 5. The van der Waals surface area contributed by atoms with Gasteiger partial charge < -0.3 is 10.6 Å². The molecule has 0 aliphatic rings. The number of anilines is 3. The van der Waals surface area contributed by atoms with Gasteiger partial charge in [0.05, 0.1) is 0 Å². The largest absolute Gasteiger partial charge is 0.357 e. The van der Waals surface area contributed by atoms with Crippen LogP contribution in [0.1, 0.15) is 0 Å². The molecular formula is C10H9ClIN5. The molecule has 2 aromatic rings. The van der Waals surface area contributed by atoms with E-state index in [4.69, 9.17) is 11.6 Å². The zero-order valence-electron chi connectivity index (χ0n) is 8.91. The second-order valence-electron chi connectivity index (χ2n) is 3.14. The van der Waals surface area contributed by atoms with Gasteiger partial charge in [-0.25, -0.2) is 0 Å². The first kappa shape index (κ1) is 12.3. The second kappa shape index (κ2) is 5.46. The van der Waals surface area contributed by atoms with Gasteiger partial charge in [-0.3, -0.25) is 0 Å². The summed E-state index contributed by atoms with van der Waals surface area (Å²) in [6.45, 7) is 0. The molecule has 0 aliphatic carbocycles. The highest BCUT2D eigenvalue weighted by molar-refractivity contribution is 14.1. The molecule has 0 aliphatic heterocycles. The Morgan fingerprint density at radius 2 is 1.94 bits per heavy atom. The summed E-state index contributed by atoms with van der Waals surface area (Å²) in [5, 5.41) is 6.04. The van der Waals surface area contributed by atoms with Crippen LogP contribution in [-0.2, 0) is 0 Å². The van der Waals surface area contributed by atoms with E-state index in [-0.39, 0.29) is 5.28 Å². The van der Waals surface area contributed by atoms with E-state index < -0.39 is 0 Å². The second-order valence-corrected chi connectivity index (χ2v) is 4.72. The lowest BCUT2D eigenvalue weighted by Crippen LogP contribution is -2.03. The van der Waals surface area contributed by atoms with Crippen molar-refractivity contribution >= 4 is 51.8 Å². The van der Waals surface area contributed by atoms with E-state index in [1.807, 2.05) is 24.3 Å². The Hall–Kier alpha value is -1.15. The van der Waals surface area contributed by atoms with Gasteiger partial charge in [0.2, 0.25) is 17.2 Å². The number of hydrogen-bond donors (Lipinski definition) is 2. The molecule has 5 nitrogen and oxygen atoms in total. The van der Waals surface area contributed by atoms with Crippen molar-refractivity contribution in [2.75, 3.05) is 17.7 Å². The summed E-state index contributed by atoms with van der Waals surface area (Å²) < 4.78 is 1.13. The SMILES string of the molecule is CNc1nc(Cl)nc(Nc2cccc(I)c2)n1. The summed E-state index contributed by atoms with van der Waals surface area (Å²) in [6.07, 6.45) is 0. The molecule has 0 radical (unpaired) electrons. The topological polar surface area (TPSA) is 62.7 Å². The minimum Gasteiger partial charge on any atom is -0.357 e. The Morgan fingerprint density at radius 1 is 1.18 bits per heavy atom. The summed E-state index contributed by atoms with van der Waals surface area (Å²) >= 11 is 8.02. The molecule has 88 valence electrons. The zero-order valence-corrected chi connectivity index (χ0v) is 11.8. The Kier molecular flexibility index (Phi) is 3.95. The number of aromatic nitrogens is 3. The van der Waals surface area contributed by atoms with E-state index in [1.54, 1.807) is 7.05 Å². The zero-order chi connectivity index (χ0) is 12.3. The van der Waals surface area contributed by atoms with Gasteiger partial charge in [-0.1, -0.05) is 6.07 Å². The average Bonchev–Trinajstić information content (AvgIpc) is 2.28. The third-order valence-corrected chi connectivity index (χ3v) is 2.75. The standard InChI is InChI=1S/C10H9ClIN5/c1-13-9-15-8(11)16-10(17-9)14-7-4-2-3-6(12)5-7/h2-5H,1H3,(H2,13,14,15,16,17). The van der Waals surface area contributed by atoms with Gasteiger partial charge in [-0.15, -0.1) is 0 Å². The molecule has 0 unspecified atom stereocenters. The summed E-state index contributed by atoms with van der Waals surface area (Å²) in [5.41, 5.74) is 0.904. The molecule has 7 heteroatoms. The Morgan fingerprint density at radius 3 is 2.65 bits per heavy atom. The van der Waals surface area contributed by atoms with E-state index >= 15 is 0 Å². The quantitative estimate of drug-likeness (QED) is 0.823. The van der Waals surface area contributed by atoms with Crippen molar-refractivity contribution in [3.8, 4) is 0 Å². The molecule has 1 heterocycles. The average molecular weight is 362 g/mol. The third-order valence-electron chi connectivity index (χ3n) is 1.91. The summed E-state index contributed by atoms with van der Waals surface area (Å²) in [5.74, 6) is 0.842. The van der Waals surface area contributed by atoms with Gasteiger partial charge in [0.1, 0.15) is 0 Å². The molecule has 2 rings (SSSR count). The Balaban J connectivity index is 2.26. The molecule has 0 bridgehead atoms. The maximum atomic E-state index is 5.78. The lowest BCUT2D eigenvalue weighted by molar-refractivity contribution is 1.05. The van der Waals surface area contributed by atoms with Gasteiger partial charge in [0.15, 0.2) is 0 Å². The first-order valence-corrected chi connectivity index (χ1v) is 6.25. The van der Waals surface area contributed by atoms with Crippen molar-refractivity contribution in [2.45, 2.75) is 0 Å². The highest BCUT2D eigenvalue weighted by Crippen LogP contribution is 2.17.